The monoisotopic (exact) mass is 1750 g/mol. The van der Waals surface area contributed by atoms with Crippen molar-refractivity contribution in [3.05, 3.63) is 462 Å². The van der Waals surface area contributed by atoms with Crippen molar-refractivity contribution in [2.24, 2.45) is 0 Å². The van der Waals surface area contributed by atoms with Crippen LogP contribution in [0.25, 0.3) is 133 Å². The Kier molecular flexibility index (Phi) is 20.0. The van der Waals surface area contributed by atoms with Gasteiger partial charge >= 0.3 is 0 Å². The zero-order chi connectivity index (χ0) is 92.4. The van der Waals surface area contributed by atoms with E-state index >= 15 is 0 Å². The van der Waals surface area contributed by atoms with E-state index in [0.717, 1.165) is 87.4 Å². The van der Waals surface area contributed by atoms with Crippen LogP contribution in [0.4, 0.5) is 22.7 Å². The van der Waals surface area contributed by atoms with Crippen molar-refractivity contribution in [1.82, 2.24) is 13.7 Å². The topological polar surface area (TPSA) is 21.3 Å². The summed E-state index contributed by atoms with van der Waals surface area (Å²) < 4.78 is 7.72. The quantitative estimate of drug-likeness (QED) is 0.107. The first kappa shape index (κ1) is 84.1. The molecular weight excluding hydrogens is 1640 g/mol. The summed E-state index contributed by atoms with van der Waals surface area (Å²) in [5, 5.41) is 7.31. The summed E-state index contributed by atoms with van der Waals surface area (Å²) in [6.07, 6.45) is 18.5. The number of fused-ring (bicyclic) bond motifs is 13. The van der Waals surface area contributed by atoms with Crippen LogP contribution in [-0.4, -0.2) is 26.5 Å². The van der Waals surface area contributed by atoms with Crippen molar-refractivity contribution in [3.8, 4) is 50.4 Å². The fourth-order valence-electron chi connectivity index (χ4n) is 23.1. The van der Waals surface area contributed by atoms with E-state index in [9.17, 15) is 0 Å². The highest BCUT2D eigenvalue weighted by atomic mass is 15.2. The van der Waals surface area contributed by atoms with Gasteiger partial charge < -0.3 is 23.5 Å². The van der Waals surface area contributed by atoms with Gasteiger partial charge in [-0.2, -0.15) is 0 Å². The molecule has 0 bridgehead atoms. The average molecular weight is 1760 g/mol. The van der Waals surface area contributed by atoms with E-state index in [1.54, 1.807) is 0 Å². The number of nitrogens with zero attached hydrogens (tertiary/aromatic N) is 5. The Morgan fingerprint density at radius 2 is 0.684 bits per heavy atom. The first-order chi connectivity index (χ1) is 66.0. The normalized spacial score (nSPS) is 15.8. The van der Waals surface area contributed by atoms with Crippen LogP contribution >= 0.6 is 0 Å². The Labute approximate surface area is 800 Å². The first-order valence-electron chi connectivity index (χ1n) is 49.0. The fourth-order valence-corrected chi connectivity index (χ4v) is 23.1. The Bertz CT molecular complexity index is 8140. The molecule has 5 aliphatic rings. The van der Waals surface area contributed by atoms with Crippen LogP contribution in [0.1, 0.15) is 159 Å². The molecule has 0 saturated heterocycles. The lowest BCUT2D eigenvalue weighted by Gasteiger charge is -2.50. The molecule has 660 valence electrons. The summed E-state index contributed by atoms with van der Waals surface area (Å²) in [5.74, 6) is -0.208. The summed E-state index contributed by atoms with van der Waals surface area (Å²) >= 11 is 0. The number of hydrogen-bond donors (Lipinski definition) is 0. The molecule has 2 aliphatic heterocycles. The number of benzene rings is 16. The second kappa shape index (κ2) is 32.4. The Morgan fingerprint density at radius 3 is 1.15 bits per heavy atom. The Hall–Kier alpha value is -15.0. The summed E-state index contributed by atoms with van der Waals surface area (Å²) in [7, 11) is 0. The molecule has 0 spiro atoms. The van der Waals surface area contributed by atoms with Crippen molar-refractivity contribution in [2.75, 3.05) is 9.80 Å². The zero-order valence-corrected chi connectivity index (χ0v) is 79.9. The number of aromatic nitrogens is 3. The number of allylic oxidation sites excluding steroid dienone is 8. The van der Waals surface area contributed by atoms with Crippen LogP contribution in [0.2, 0.25) is 0 Å². The molecule has 3 aliphatic carbocycles. The van der Waals surface area contributed by atoms with Gasteiger partial charge in [0, 0.05) is 77.9 Å². The van der Waals surface area contributed by atoms with Crippen LogP contribution in [0.15, 0.2) is 417 Å². The number of hydrogen-bond acceptors (Lipinski definition) is 2. The second-order valence-electron chi connectivity index (χ2n) is 42.6. The smallest absolute Gasteiger partial charge is 0.252 e. The van der Waals surface area contributed by atoms with Crippen molar-refractivity contribution in [1.29, 1.82) is 0 Å². The largest absolute Gasteiger partial charge is 0.334 e. The third kappa shape index (κ3) is 14.3. The van der Waals surface area contributed by atoms with Gasteiger partial charge in [-0.3, -0.25) is 0 Å². The molecule has 0 N–H and O–H groups in total. The van der Waals surface area contributed by atoms with Crippen LogP contribution in [0.5, 0.6) is 0 Å². The van der Waals surface area contributed by atoms with Crippen LogP contribution in [0.3, 0.4) is 0 Å². The van der Waals surface area contributed by atoms with Gasteiger partial charge in [-0.25, -0.2) is 0 Å². The van der Waals surface area contributed by atoms with Crippen molar-refractivity contribution in [3.63, 3.8) is 0 Å². The second-order valence-corrected chi connectivity index (χ2v) is 42.6. The molecule has 24 rings (SSSR count). The predicted molar refractivity (Wildman–Crippen MR) is 581 cm³/mol. The highest BCUT2D eigenvalue weighted by molar-refractivity contribution is 7.00. The maximum absolute atomic E-state index is 2.92. The highest BCUT2D eigenvalue weighted by Crippen LogP contribution is 2.54. The van der Waals surface area contributed by atoms with Gasteiger partial charge in [-0.05, 0) is 249 Å². The highest BCUT2D eigenvalue weighted by Gasteiger charge is 2.49. The lowest BCUT2D eigenvalue weighted by molar-refractivity contribution is 0.590. The molecule has 5 nitrogen and oxygen atoms in total. The molecule has 0 amide bonds. The van der Waals surface area contributed by atoms with Gasteiger partial charge in [0.2, 0.25) is 0 Å². The number of anilines is 4. The summed E-state index contributed by atoms with van der Waals surface area (Å²) in [6, 6.07) is 141. The Morgan fingerprint density at radius 1 is 0.301 bits per heavy atom. The standard InChI is InChI=1S/C130H112BN5/c1-127(2,3)95-63-55-83(56-64-95)87-31-25-35-91(75-87)102-45-29-46-103(92-36-26-32-88(76-92)84-57-65-96(66-58-84)128(4,5)6)125(102)135-120-79-99(132-114-49-19-13-39-106(114)107-40-14-20-50-115(107)132)71-73-112(120)131-113-74-72-100(133-116-51-21-15-41-108(116)109-42-16-22-52-117(109)133)80-121(113)136(123-82-101(81-122(135)124(123)131)134-118-53-23-17-43-110(118)111-44-18-24-54-119(111)134)126-104(93-37-27-33-89(77-93)85-59-67-97(68-60-85)129(7,8)9)47-30-48-105(126)94-38-28-34-90(78-94)86-61-69-98(70-62-86)130(10,11)12/h13-27,30-37,39-45,47-82,104,126H,28-29,38,46H2,1-12H3. The maximum Gasteiger partial charge on any atom is 0.252 e. The molecule has 0 saturated carbocycles. The third-order valence-electron chi connectivity index (χ3n) is 30.1. The summed E-state index contributed by atoms with van der Waals surface area (Å²) in [4.78, 5) is 5.76. The molecule has 0 fully saturated rings. The number of para-hydroxylation sites is 6. The van der Waals surface area contributed by atoms with E-state index in [-0.39, 0.29) is 40.3 Å². The molecule has 2 atom stereocenters. The van der Waals surface area contributed by atoms with E-state index in [2.05, 4.69) is 507 Å². The van der Waals surface area contributed by atoms with E-state index in [4.69, 9.17) is 0 Å². The third-order valence-corrected chi connectivity index (χ3v) is 30.1. The molecule has 5 heterocycles. The first-order valence-corrected chi connectivity index (χ1v) is 49.0. The lowest BCUT2D eigenvalue weighted by atomic mass is 9.33. The lowest BCUT2D eigenvalue weighted by Crippen LogP contribution is -2.63. The maximum atomic E-state index is 2.92. The van der Waals surface area contributed by atoms with Crippen molar-refractivity contribution in [2.45, 2.75) is 142 Å². The predicted octanol–water partition coefficient (Wildman–Crippen LogP) is 32.3. The van der Waals surface area contributed by atoms with Crippen LogP contribution in [0, 0.1) is 0 Å². The molecule has 2 unspecified atom stereocenters. The minimum atomic E-state index is -0.351. The molecule has 16 aromatic carbocycles. The molecule has 6 heteroatoms. The fraction of sp³-hybridized carbons (Fsp3) is 0.169. The van der Waals surface area contributed by atoms with E-state index < -0.39 is 0 Å². The van der Waals surface area contributed by atoms with E-state index in [1.807, 2.05) is 0 Å². The van der Waals surface area contributed by atoms with Crippen molar-refractivity contribution < 1.29 is 0 Å². The van der Waals surface area contributed by atoms with Gasteiger partial charge in [0.15, 0.2) is 0 Å². The minimum absolute atomic E-state index is 0.0000954. The molecule has 0 radical (unpaired) electrons. The van der Waals surface area contributed by atoms with Crippen molar-refractivity contribution >= 4 is 128 Å². The van der Waals surface area contributed by atoms with Gasteiger partial charge in [-0.15, -0.1) is 0 Å². The summed E-state index contributed by atoms with van der Waals surface area (Å²) in [5.41, 5.74) is 43.3. The van der Waals surface area contributed by atoms with Crippen LogP contribution in [-0.2, 0) is 21.7 Å². The van der Waals surface area contributed by atoms with E-state index in [0.29, 0.717) is 0 Å². The summed E-state index contributed by atoms with van der Waals surface area (Å²) in [6.45, 7) is 27.5. The minimum Gasteiger partial charge on any atom is -0.334 e. The van der Waals surface area contributed by atoms with Gasteiger partial charge in [-0.1, -0.05) is 399 Å². The Balaban J connectivity index is 0.846. The zero-order valence-electron chi connectivity index (χ0n) is 79.9. The molecule has 136 heavy (non-hydrogen) atoms. The number of rotatable bonds is 13. The SMILES string of the molecule is CC(C)(C)c1ccc(C2=CCCC(C3=CC=CC(c4cccc(-c5ccc(C(C)(C)C)cc5)c4)C3N3c4cc(-n5c6ccccc6c6ccccc65)ccc4B4c5ccc(-n6c7ccccc7c7ccccc76)cc5N(C5=C(c6cccc(-c7ccc(C(C)(C)C)cc7)c6)CCC=C5c5cccc(-c6ccc(C(C)(C)C)cc6)c5)c5cc(-n6c7ccccc7c7ccccc76)cc3c54)=C2)cc1. The molecule has 3 aromatic heterocycles. The molecule has 19 aromatic rings. The van der Waals surface area contributed by atoms with E-state index in [1.165, 1.54) is 171 Å². The molecular formula is C130H112BN5. The van der Waals surface area contributed by atoms with Gasteiger partial charge in [0.25, 0.3) is 6.71 Å². The van der Waals surface area contributed by atoms with Gasteiger partial charge in [0.1, 0.15) is 0 Å². The van der Waals surface area contributed by atoms with Gasteiger partial charge in [0.05, 0.1) is 50.5 Å². The van der Waals surface area contributed by atoms with Crippen LogP contribution < -0.4 is 26.2 Å². The average Bonchev–Trinajstić information content (AvgIpc) is 0.992.